The van der Waals surface area contributed by atoms with Gasteiger partial charge in [0.15, 0.2) is 0 Å². The monoisotopic (exact) mass is 263 g/mol. The first-order chi connectivity index (χ1) is 8.43. The average molecular weight is 264 g/mol. The molecule has 0 aromatic heterocycles. The number of nitrogens with zero attached hydrogens (tertiary/aromatic N) is 2. The van der Waals surface area contributed by atoms with Crippen LogP contribution < -0.4 is 5.32 Å². The van der Waals surface area contributed by atoms with E-state index in [1.54, 1.807) is 37.2 Å². The number of amides is 1. The van der Waals surface area contributed by atoms with E-state index in [0.29, 0.717) is 10.7 Å². The molecule has 0 aliphatic heterocycles. The van der Waals surface area contributed by atoms with E-state index >= 15 is 0 Å². The quantitative estimate of drug-likeness (QED) is 0.674. The Morgan fingerprint density at radius 2 is 2.17 bits per heavy atom. The Morgan fingerprint density at radius 1 is 1.50 bits per heavy atom. The third-order valence-electron chi connectivity index (χ3n) is 2.19. The number of carbonyl (C=O) groups excluding carboxylic acids is 1. The van der Waals surface area contributed by atoms with Gasteiger partial charge in [-0.25, -0.2) is 0 Å². The zero-order valence-electron chi connectivity index (χ0n) is 10.5. The Hall–Kier alpha value is -1.99. The molecule has 1 aromatic carbocycles. The van der Waals surface area contributed by atoms with Gasteiger partial charge in [0.2, 0.25) is 0 Å². The molecule has 4 nitrogen and oxygen atoms in total. The van der Waals surface area contributed by atoms with Crippen LogP contribution in [0.4, 0.5) is 5.69 Å². The number of nitrogens with one attached hydrogen (secondary N) is 1. The molecule has 0 aliphatic rings. The van der Waals surface area contributed by atoms with E-state index in [-0.39, 0.29) is 5.57 Å². The lowest BCUT2D eigenvalue weighted by Gasteiger charge is -2.09. The highest BCUT2D eigenvalue weighted by atomic mass is 35.5. The number of rotatable bonds is 3. The van der Waals surface area contributed by atoms with Gasteiger partial charge in [0.1, 0.15) is 11.6 Å². The maximum absolute atomic E-state index is 11.9. The summed E-state index contributed by atoms with van der Waals surface area (Å²) in [6.45, 7) is 1.84. The summed E-state index contributed by atoms with van der Waals surface area (Å²) in [6, 6.07) is 7.01. The summed E-state index contributed by atoms with van der Waals surface area (Å²) < 4.78 is 0. The molecule has 1 N–H and O–H groups in total. The lowest BCUT2D eigenvalue weighted by atomic mass is 10.2. The maximum Gasteiger partial charge on any atom is 0.267 e. The van der Waals surface area contributed by atoms with Crippen LogP contribution in [-0.4, -0.2) is 24.9 Å². The molecule has 0 radical (unpaired) electrons. The van der Waals surface area contributed by atoms with Crippen molar-refractivity contribution in [2.24, 2.45) is 0 Å². The molecule has 0 unspecified atom stereocenters. The molecule has 0 fully saturated rings. The van der Waals surface area contributed by atoms with E-state index in [1.165, 1.54) is 6.20 Å². The minimum Gasteiger partial charge on any atom is -0.382 e. The first kappa shape index (κ1) is 14.1. The normalized spacial score (nSPS) is 10.7. The van der Waals surface area contributed by atoms with E-state index in [1.807, 2.05) is 13.0 Å². The Kier molecular flexibility index (Phi) is 4.75. The van der Waals surface area contributed by atoms with Crippen molar-refractivity contribution in [1.82, 2.24) is 4.90 Å². The number of anilines is 1. The summed E-state index contributed by atoms with van der Waals surface area (Å²) in [4.78, 5) is 13.5. The molecule has 0 aliphatic carbocycles. The van der Waals surface area contributed by atoms with Gasteiger partial charge in [-0.05, 0) is 30.7 Å². The van der Waals surface area contributed by atoms with Crippen LogP contribution in [0.3, 0.4) is 0 Å². The second-order valence-corrected chi connectivity index (χ2v) is 4.47. The van der Waals surface area contributed by atoms with E-state index in [4.69, 9.17) is 16.9 Å². The molecule has 94 valence electrons. The maximum atomic E-state index is 11.9. The number of hydrogen-bond acceptors (Lipinski definition) is 3. The SMILES string of the molecule is Cc1cc(Cl)ccc1NC(=O)C(C#N)=CN(C)C. The van der Waals surface area contributed by atoms with Gasteiger partial charge in [0.05, 0.1) is 0 Å². The summed E-state index contributed by atoms with van der Waals surface area (Å²) in [7, 11) is 3.50. The van der Waals surface area contributed by atoms with Crippen LogP contribution in [0.2, 0.25) is 5.02 Å². The fourth-order valence-corrected chi connectivity index (χ4v) is 1.58. The molecule has 0 bridgehead atoms. The molecule has 5 heteroatoms. The van der Waals surface area contributed by atoms with Gasteiger partial charge >= 0.3 is 0 Å². The van der Waals surface area contributed by atoms with Crippen molar-refractivity contribution >= 4 is 23.2 Å². The van der Waals surface area contributed by atoms with Crippen LogP contribution in [-0.2, 0) is 4.79 Å². The van der Waals surface area contributed by atoms with Crippen molar-refractivity contribution in [3.05, 3.63) is 40.6 Å². The van der Waals surface area contributed by atoms with Gasteiger partial charge in [-0.3, -0.25) is 4.79 Å². The Balaban J connectivity index is 2.91. The fourth-order valence-electron chi connectivity index (χ4n) is 1.35. The number of nitriles is 1. The Labute approximate surface area is 111 Å². The topological polar surface area (TPSA) is 56.1 Å². The highest BCUT2D eigenvalue weighted by Crippen LogP contribution is 2.20. The van der Waals surface area contributed by atoms with Gasteiger partial charge in [-0.1, -0.05) is 11.6 Å². The van der Waals surface area contributed by atoms with Crippen molar-refractivity contribution in [3.8, 4) is 6.07 Å². The Morgan fingerprint density at radius 3 is 2.67 bits per heavy atom. The lowest BCUT2D eigenvalue weighted by molar-refractivity contribution is -0.112. The first-order valence-corrected chi connectivity index (χ1v) is 5.67. The molecule has 0 saturated carbocycles. The van der Waals surface area contributed by atoms with Crippen LogP contribution in [0, 0.1) is 18.3 Å². The predicted octanol–water partition coefficient (Wildman–Crippen LogP) is 2.56. The summed E-state index contributed by atoms with van der Waals surface area (Å²) in [5, 5.41) is 12.2. The van der Waals surface area contributed by atoms with Crippen molar-refractivity contribution in [3.63, 3.8) is 0 Å². The number of halogens is 1. The van der Waals surface area contributed by atoms with Gasteiger partial charge in [-0.15, -0.1) is 0 Å². The highest BCUT2D eigenvalue weighted by Gasteiger charge is 2.10. The number of hydrogen-bond donors (Lipinski definition) is 1. The largest absolute Gasteiger partial charge is 0.382 e. The molecule has 1 aromatic rings. The third kappa shape index (κ3) is 3.79. The molecule has 18 heavy (non-hydrogen) atoms. The predicted molar refractivity (Wildman–Crippen MR) is 72.2 cm³/mol. The van der Waals surface area contributed by atoms with E-state index in [9.17, 15) is 4.79 Å². The summed E-state index contributed by atoms with van der Waals surface area (Å²) in [5.41, 5.74) is 1.54. The summed E-state index contributed by atoms with van der Waals surface area (Å²) in [6.07, 6.45) is 1.47. The zero-order valence-corrected chi connectivity index (χ0v) is 11.2. The van der Waals surface area contributed by atoms with E-state index in [0.717, 1.165) is 5.56 Å². The summed E-state index contributed by atoms with van der Waals surface area (Å²) in [5.74, 6) is -0.434. The molecule has 0 saturated heterocycles. The standard InChI is InChI=1S/C13H14ClN3O/c1-9-6-11(14)4-5-12(9)16-13(18)10(7-15)8-17(2)3/h4-6,8H,1-3H3,(H,16,18). The van der Waals surface area contributed by atoms with Crippen molar-refractivity contribution in [1.29, 1.82) is 5.26 Å². The van der Waals surface area contributed by atoms with Crippen molar-refractivity contribution in [2.45, 2.75) is 6.92 Å². The molecular formula is C13H14ClN3O. The number of carbonyl (C=O) groups is 1. The van der Waals surface area contributed by atoms with E-state index < -0.39 is 5.91 Å². The minimum atomic E-state index is -0.434. The first-order valence-electron chi connectivity index (χ1n) is 5.30. The number of benzene rings is 1. The van der Waals surface area contributed by atoms with Crippen molar-refractivity contribution in [2.75, 3.05) is 19.4 Å². The van der Waals surface area contributed by atoms with Gasteiger partial charge in [0.25, 0.3) is 5.91 Å². The van der Waals surface area contributed by atoms with E-state index in [2.05, 4.69) is 5.32 Å². The lowest BCUT2D eigenvalue weighted by Crippen LogP contribution is -2.16. The molecular weight excluding hydrogens is 250 g/mol. The van der Waals surface area contributed by atoms with Crippen LogP contribution >= 0.6 is 11.6 Å². The molecule has 1 amide bonds. The second kappa shape index (κ2) is 6.08. The van der Waals surface area contributed by atoms with Gasteiger partial charge in [0, 0.05) is 31.0 Å². The van der Waals surface area contributed by atoms with Crippen LogP contribution in [0.25, 0.3) is 0 Å². The third-order valence-corrected chi connectivity index (χ3v) is 2.42. The number of aryl methyl sites for hydroxylation is 1. The zero-order chi connectivity index (χ0) is 13.7. The highest BCUT2D eigenvalue weighted by molar-refractivity contribution is 6.30. The summed E-state index contributed by atoms with van der Waals surface area (Å²) >= 11 is 5.83. The molecule has 0 atom stereocenters. The second-order valence-electron chi connectivity index (χ2n) is 4.03. The fraction of sp³-hybridized carbons (Fsp3) is 0.231. The van der Waals surface area contributed by atoms with Crippen LogP contribution in [0.15, 0.2) is 30.0 Å². The molecule has 0 heterocycles. The smallest absolute Gasteiger partial charge is 0.267 e. The van der Waals surface area contributed by atoms with Crippen LogP contribution in [0.5, 0.6) is 0 Å². The molecule has 1 rings (SSSR count). The minimum absolute atomic E-state index is 0.0503. The van der Waals surface area contributed by atoms with Gasteiger partial charge < -0.3 is 10.2 Å². The molecule has 0 spiro atoms. The Bertz CT molecular complexity index is 530. The average Bonchev–Trinajstić information content (AvgIpc) is 2.29. The van der Waals surface area contributed by atoms with Crippen molar-refractivity contribution < 1.29 is 4.79 Å². The van der Waals surface area contributed by atoms with Gasteiger partial charge in [-0.2, -0.15) is 5.26 Å². The van der Waals surface area contributed by atoms with Crippen LogP contribution in [0.1, 0.15) is 5.56 Å².